The molecule has 7 heteroatoms. The van der Waals surface area contributed by atoms with Crippen LogP contribution in [0.4, 0.5) is 5.82 Å². The minimum Gasteiger partial charge on any atom is -0.456 e. The van der Waals surface area contributed by atoms with Crippen molar-refractivity contribution >= 4 is 11.7 Å². The van der Waals surface area contributed by atoms with Crippen LogP contribution in [0.25, 0.3) is 0 Å². The zero-order chi connectivity index (χ0) is 18.5. The highest BCUT2D eigenvalue weighted by atomic mass is 16.5. The smallest absolute Gasteiger partial charge is 0.226 e. The Kier molecular flexibility index (Phi) is 5.09. The normalized spacial score (nSPS) is 13.3. The minimum absolute atomic E-state index is 0.0961. The van der Waals surface area contributed by atoms with Gasteiger partial charge in [0.15, 0.2) is 5.82 Å². The van der Waals surface area contributed by atoms with Crippen molar-refractivity contribution in [2.45, 2.75) is 38.0 Å². The standard InChI is InChI=1S/C20H20N4O3/c25-18(7-4-8-19-23-20(24-27-19)14-9-10-14)22-17-12-11-16(13-21-17)26-15-5-2-1-3-6-15/h1-3,5-6,11-14H,4,7-10H2,(H,21,22,25). The van der Waals surface area contributed by atoms with E-state index < -0.39 is 0 Å². The fourth-order valence-electron chi connectivity index (χ4n) is 2.62. The van der Waals surface area contributed by atoms with Crippen LogP contribution in [0.2, 0.25) is 0 Å². The maximum atomic E-state index is 12.1. The average Bonchev–Trinajstić information content (AvgIpc) is 3.43. The van der Waals surface area contributed by atoms with Gasteiger partial charge >= 0.3 is 0 Å². The second-order valence-corrected chi connectivity index (χ2v) is 6.52. The molecule has 1 fully saturated rings. The molecule has 138 valence electrons. The maximum Gasteiger partial charge on any atom is 0.226 e. The Labute approximate surface area is 156 Å². The quantitative estimate of drug-likeness (QED) is 0.647. The summed E-state index contributed by atoms with van der Waals surface area (Å²) >= 11 is 0. The van der Waals surface area contributed by atoms with E-state index in [0.29, 0.717) is 42.6 Å². The summed E-state index contributed by atoms with van der Waals surface area (Å²) in [7, 11) is 0. The summed E-state index contributed by atoms with van der Waals surface area (Å²) in [4.78, 5) is 20.6. The zero-order valence-electron chi connectivity index (χ0n) is 14.8. The molecule has 7 nitrogen and oxygen atoms in total. The van der Waals surface area contributed by atoms with E-state index in [9.17, 15) is 4.79 Å². The van der Waals surface area contributed by atoms with Crippen LogP contribution in [-0.2, 0) is 11.2 Å². The number of pyridine rings is 1. The highest BCUT2D eigenvalue weighted by Crippen LogP contribution is 2.38. The Balaban J connectivity index is 1.21. The van der Waals surface area contributed by atoms with Crippen LogP contribution in [0.3, 0.4) is 0 Å². The van der Waals surface area contributed by atoms with Gasteiger partial charge in [0.25, 0.3) is 0 Å². The molecule has 1 saturated carbocycles. The molecule has 0 saturated heterocycles. The van der Waals surface area contributed by atoms with Gasteiger partial charge in [-0.1, -0.05) is 23.4 Å². The number of anilines is 1. The van der Waals surface area contributed by atoms with E-state index in [4.69, 9.17) is 9.26 Å². The largest absolute Gasteiger partial charge is 0.456 e. The molecule has 0 bridgehead atoms. The molecule has 0 atom stereocenters. The number of nitrogens with zero attached hydrogens (tertiary/aromatic N) is 3. The van der Waals surface area contributed by atoms with Gasteiger partial charge < -0.3 is 14.6 Å². The topological polar surface area (TPSA) is 90.1 Å². The molecular weight excluding hydrogens is 344 g/mol. The van der Waals surface area contributed by atoms with Gasteiger partial charge in [-0.2, -0.15) is 4.98 Å². The van der Waals surface area contributed by atoms with Crippen LogP contribution in [-0.4, -0.2) is 21.0 Å². The number of carbonyl (C=O) groups excluding carboxylic acids is 1. The van der Waals surface area contributed by atoms with Gasteiger partial charge in [0.2, 0.25) is 11.8 Å². The minimum atomic E-state index is -0.0961. The number of hydrogen-bond donors (Lipinski definition) is 1. The number of nitrogens with one attached hydrogen (secondary N) is 1. The number of aromatic nitrogens is 3. The van der Waals surface area contributed by atoms with Crippen molar-refractivity contribution in [2.75, 3.05) is 5.32 Å². The predicted molar refractivity (Wildman–Crippen MR) is 98.6 cm³/mol. The van der Waals surface area contributed by atoms with E-state index >= 15 is 0 Å². The molecule has 1 aliphatic carbocycles. The molecule has 2 aromatic heterocycles. The first kappa shape index (κ1) is 17.2. The van der Waals surface area contributed by atoms with Crippen molar-refractivity contribution in [2.24, 2.45) is 0 Å². The maximum absolute atomic E-state index is 12.1. The zero-order valence-corrected chi connectivity index (χ0v) is 14.8. The van der Waals surface area contributed by atoms with Crippen molar-refractivity contribution in [3.63, 3.8) is 0 Å². The third-order valence-electron chi connectivity index (χ3n) is 4.20. The first-order chi connectivity index (χ1) is 13.3. The Morgan fingerprint density at radius 1 is 1.15 bits per heavy atom. The first-order valence-electron chi connectivity index (χ1n) is 9.07. The number of amides is 1. The Bertz CT molecular complexity index is 889. The van der Waals surface area contributed by atoms with Gasteiger partial charge in [0.05, 0.1) is 6.20 Å². The number of rotatable bonds is 8. The lowest BCUT2D eigenvalue weighted by molar-refractivity contribution is -0.116. The number of aryl methyl sites for hydroxylation is 1. The van der Waals surface area contributed by atoms with Crippen LogP contribution in [0.1, 0.15) is 43.3 Å². The van der Waals surface area contributed by atoms with Crippen LogP contribution < -0.4 is 10.1 Å². The van der Waals surface area contributed by atoms with Gasteiger partial charge in [-0.15, -0.1) is 0 Å². The lowest BCUT2D eigenvalue weighted by atomic mass is 10.2. The van der Waals surface area contributed by atoms with Crippen molar-refractivity contribution in [3.05, 3.63) is 60.4 Å². The summed E-state index contributed by atoms with van der Waals surface area (Å²) in [5.74, 6) is 3.63. The Morgan fingerprint density at radius 2 is 2.00 bits per heavy atom. The molecule has 4 rings (SSSR count). The first-order valence-corrected chi connectivity index (χ1v) is 9.07. The second-order valence-electron chi connectivity index (χ2n) is 6.52. The van der Waals surface area contributed by atoms with Crippen molar-refractivity contribution in [1.29, 1.82) is 0 Å². The molecule has 1 amide bonds. The number of hydrogen-bond acceptors (Lipinski definition) is 6. The molecule has 0 unspecified atom stereocenters. The fourth-order valence-corrected chi connectivity index (χ4v) is 2.62. The lowest BCUT2D eigenvalue weighted by Gasteiger charge is -2.07. The van der Waals surface area contributed by atoms with E-state index in [1.54, 1.807) is 18.3 Å². The third-order valence-corrected chi connectivity index (χ3v) is 4.20. The highest BCUT2D eigenvalue weighted by Gasteiger charge is 2.28. The number of benzene rings is 1. The number of ether oxygens (including phenoxy) is 1. The molecule has 0 spiro atoms. The van der Waals surface area contributed by atoms with E-state index in [1.807, 2.05) is 30.3 Å². The van der Waals surface area contributed by atoms with Gasteiger partial charge in [0.1, 0.15) is 17.3 Å². The molecule has 0 radical (unpaired) electrons. The summed E-state index contributed by atoms with van der Waals surface area (Å²) in [6, 6.07) is 13.0. The van der Waals surface area contributed by atoms with Crippen molar-refractivity contribution in [1.82, 2.24) is 15.1 Å². The summed E-state index contributed by atoms with van der Waals surface area (Å²) in [6.07, 6.45) is 5.48. The summed E-state index contributed by atoms with van der Waals surface area (Å²) in [6.45, 7) is 0. The van der Waals surface area contributed by atoms with Crippen LogP contribution in [0, 0.1) is 0 Å². The molecular formula is C20H20N4O3. The van der Waals surface area contributed by atoms with E-state index in [2.05, 4.69) is 20.4 Å². The van der Waals surface area contributed by atoms with Crippen molar-refractivity contribution in [3.8, 4) is 11.5 Å². The van der Waals surface area contributed by atoms with E-state index in [1.165, 1.54) is 0 Å². The molecule has 1 N–H and O–H groups in total. The molecule has 1 aromatic carbocycles. The van der Waals surface area contributed by atoms with Gasteiger partial charge in [-0.25, -0.2) is 4.98 Å². The fraction of sp³-hybridized carbons (Fsp3) is 0.300. The van der Waals surface area contributed by atoms with Crippen LogP contribution >= 0.6 is 0 Å². The second kappa shape index (κ2) is 7.99. The van der Waals surface area contributed by atoms with Gasteiger partial charge in [-0.05, 0) is 43.5 Å². The summed E-state index contributed by atoms with van der Waals surface area (Å²) in [5.41, 5.74) is 0. The van der Waals surface area contributed by atoms with Gasteiger partial charge in [0, 0.05) is 18.8 Å². The van der Waals surface area contributed by atoms with Crippen molar-refractivity contribution < 1.29 is 14.1 Å². The van der Waals surface area contributed by atoms with E-state index in [-0.39, 0.29) is 5.91 Å². The van der Waals surface area contributed by atoms with Gasteiger partial charge in [-0.3, -0.25) is 4.79 Å². The van der Waals surface area contributed by atoms with Crippen LogP contribution in [0.15, 0.2) is 53.2 Å². The van der Waals surface area contributed by atoms with E-state index in [0.717, 1.165) is 24.4 Å². The SMILES string of the molecule is O=C(CCCc1nc(C2CC2)no1)Nc1ccc(Oc2ccccc2)cn1. The average molecular weight is 364 g/mol. The molecule has 0 aliphatic heterocycles. The molecule has 27 heavy (non-hydrogen) atoms. The predicted octanol–water partition coefficient (Wildman–Crippen LogP) is 4.10. The summed E-state index contributed by atoms with van der Waals surface area (Å²) < 4.78 is 10.9. The summed E-state index contributed by atoms with van der Waals surface area (Å²) in [5, 5.41) is 6.75. The third kappa shape index (κ3) is 4.91. The Hall–Kier alpha value is -3.22. The Morgan fingerprint density at radius 3 is 2.74 bits per heavy atom. The van der Waals surface area contributed by atoms with Crippen LogP contribution in [0.5, 0.6) is 11.5 Å². The molecule has 3 aromatic rings. The molecule has 2 heterocycles. The number of carbonyl (C=O) groups is 1. The highest BCUT2D eigenvalue weighted by molar-refractivity contribution is 5.89. The molecule has 1 aliphatic rings. The monoisotopic (exact) mass is 364 g/mol. The number of para-hydroxylation sites is 1. The lowest BCUT2D eigenvalue weighted by Crippen LogP contribution is -2.12.